The van der Waals surface area contributed by atoms with Gasteiger partial charge in [-0.25, -0.2) is 4.85 Å². The standard InChI is InChI=1S/C37H22BN3/c1-39-31-19-8-5-14-26(31)24-22-34-36-35(23-24)41-32-20-9-6-15-27(32)28-16-11-18-30(37(28)41)38(36)29-17-7-10-21-33(29)40(34)25-12-3-2-4-13-25/h2-23H. The van der Waals surface area contributed by atoms with Crippen molar-refractivity contribution in [3.05, 3.63) is 145 Å². The van der Waals surface area contributed by atoms with Crippen molar-refractivity contribution in [1.29, 1.82) is 0 Å². The van der Waals surface area contributed by atoms with Gasteiger partial charge in [0, 0.05) is 39.0 Å². The Bertz CT molecular complexity index is 2240. The van der Waals surface area contributed by atoms with Gasteiger partial charge in [-0.05, 0) is 63.9 Å². The molecule has 4 heteroatoms. The largest absolute Gasteiger partial charge is 0.311 e. The highest BCUT2D eigenvalue weighted by atomic mass is 15.2. The number of para-hydroxylation sites is 5. The number of benzene rings is 6. The van der Waals surface area contributed by atoms with Crippen LogP contribution in [0.25, 0.3) is 43.5 Å². The molecule has 2 aliphatic rings. The first-order valence-electron chi connectivity index (χ1n) is 13.9. The lowest BCUT2D eigenvalue weighted by molar-refractivity contribution is 1.18. The third-order valence-corrected chi connectivity index (χ3v) is 8.78. The van der Waals surface area contributed by atoms with E-state index >= 15 is 0 Å². The van der Waals surface area contributed by atoms with Crippen molar-refractivity contribution in [3.8, 4) is 16.8 Å². The van der Waals surface area contributed by atoms with Crippen LogP contribution in [-0.4, -0.2) is 11.3 Å². The van der Waals surface area contributed by atoms with Crippen molar-refractivity contribution in [2.24, 2.45) is 0 Å². The van der Waals surface area contributed by atoms with Gasteiger partial charge in [0.05, 0.1) is 12.1 Å². The van der Waals surface area contributed by atoms with Gasteiger partial charge in [0.2, 0.25) is 0 Å². The van der Waals surface area contributed by atoms with Crippen LogP contribution in [0.15, 0.2) is 133 Å². The highest BCUT2D eigenvalue weighted by Crippen LogP contribution is 2.44. The molecule has 0 bridgehead atoms. The van der Waals surface area contributed by atoms with Crippen LogP contribution in [-0.2, 0) is 0 Å². The summed E-state index contributed by atoms with van der Waals surface area (Å²) in [6.45, 7) is 8.02. The topological polar surface area (TPSA) is 12.5 Å². The molecule has 0 unspecified atom stereocenters. The molecule has 41 heavy (non-hydrogen) atoms. The quantitative estimate of drug-likeness (QED) is 0.169. The summed E-state index contributed by atoms with van der Waals surface area (Å²) in [6, 6.07) is 47.6. The predicted octanol–water partition coefficient (Wildman–Crippen LogP) is 7.61. The summed E-state index contributed by atoms with van der Waals surface area (Å²) in [5.41, 5.74) is 13.8. The van der Waals surface area contributed by atoms with Crippen molar-refractivity contribution in [3.63, 3.8) is 0 Å². The van der Waals surface area contributed by atoms with Gasteiger partial charge in [-0.3, -0.25) is 0 Å². The van der Waals surface area contributed by atoms with Crippen molar-refractivity contribution in [1.82, 2.24) is 4.57 Å². The monoisotopic (exact) mass is 519 g/mol. The van der Waals surface area contributed by atoms with Crippen LogP contribution in [0.5, 0.6) is 0 Å². The Kier molecular flexibility index (Phi) is 4.48. The van der Waals surface area contributed by atoms with E-state index in [0.717, 1.165) is 22.5 Å². The molecule has 1 aromatic heterocycles. The first kappa shape index (κ1) is 22.3. The maximum absolute atomic E-state index is 7.92. The molecule has 9 rings (SSSR count). The lowest BCUT2D eigenvalue weighted by atomic mass is 9.33. The van der Waals surface area contributed by atoms with E-state index in [4.69, 9.17) is 6.57 Å². The number of nitrogens with zero attached hydrogens (tertiary/aromatic N) is 3. The number of hydrogen-bond donors (Lipinski definition) is 0. The second-order valence-corrected chi connectivity index (χ2v) is 10.8. The minimum atomic E-state index is 0.0989. The molecule has 0 spiro atoms. The Labute approximate surface area is 238 Å². The molecule has 7 aromatic rings. The molecular weight excluding hydrogens is 497 g/mol. The fourth-order valence-electron chi connectivity index (χ4n) is 7.19. The summed E-state index contributed by atoms with van der Waals surface area (Å²) in [4.78, 5) is 6.31. The Morgan fingerprint density at radius 3 is 2.20 bits per heavy atom. The van der Waals surface area contributed by atoms with Crippen LogP contribution in [0.3, 0.4) is 0 Å². The number of aromatic nitrogens is 1. The number of fused-ring (bicyclic) bond motifs is 7. The average molecular weight is 519 g/mol. The summed E-state index contributed by atoms with van der Waals surface area (Å²) in [7, 11) is 0. The fraction of sp³-hybridized carbons (Fsp3) is 0. The molecule has 0 fully saturated rings. The molecule has 3 heterocycles. The molecule has 0 N–H and O–H groups in total. The van der Waals surface area contributed by atoms with Crippen LogP contribution < -0.4 is 21.3 Å². The van der Waals surface area contributed by atoms with Crippen LogP contribution in [0.1, 0.15) is 0 Å². The van der Waals surface area contributed by atoms with E-state index < -0.39 is 0 Å². The molecule has 188 valence electrons. The fourth-order valence-corrected chi connectivity index (χ4v) is 7.19. The Morgan fingerprint density at radius 1 is 0.585 bits per heavy atom. The maximum atomic E-state index is 7.92. The summed E-state index contributed by atoms with van der Waals surface area (Å²) in [5.74, 6) is 0. The third kappa shape index (κ3) is 2.93. The minimum absolute atomic E-state index is 0.0989. The average Bonchev–Trinajstić information content (AvgIpc) is 3.38. The van der Waals surface area contributed by atoms with Gasteiger partial charge in [0.1, 0.15) is 0 Å². The molecule has 2 aliphatic heterocycles. The first-order chi connectivity index (χ1) is 20.3. The van der Waals surface area contributed by atoms with E-state index in [2.05, 4.69) is 130 Å². The van der Waals surface area contributed by atoms with Gasteiger partial charge in [-0.15, -0.1) is 0 Å². The van der Waals surface area contributed by atoms with Crippen molar-refractivity contribution < 1.29 is 0 Å². The van der Waals surface area contributed by atoms with Crippen molar-refractivity contribution in [2.75, 3.05) is 4.90 Å². The van der Waals surface area contributed by atoms with Crippen LogP contribution in [0, 0.1) is 6.57 Å². The van der Waals surface area contributed by atoms with Crippen LogP contribution in [0.4, 0.5) is 22.7 Å². The van der Waals surface area contributed by atoms with E-state index in [1.165, 1.54) is 49.6 Å². The lowest BCUT2D eigenvalue weighted by Crippen LogP contribution is -2.60. The highest BCUT2D eigenvalue weighted by Gasteiger charge is 2.42. The van der Waals surface area contributed by atoms with Gasteiger partial charge in [-0.2, -0.15) is 0 Å². The molecule has 0 aliphatic carbocycles. The summed E-state index contributed by atoms with van der Waals surface area (Å²) < 4.78 is 2.47. The number of rotatable bonds is 2. The van der Waals surface area contributed by atoms with Crippen molar-refractivity contribution >= 4 is 67.7 Å². The third-order valence-electron chi connectivity index (χ3n) is 8.78. The minimum Gasteiger partial charge on any atom is -0.311 e. The maximum Gasteiger partial charge on any atom is 0.252 e. The van der Waals surface area contributed by atoms with E-state index in [1.54, 1.807) is 0 Å². The second kappa shape index (κ2) is 8.24. The second-order valence-electron chi connectivity index (χ2n) is 10.8. The summed E-state index contributed by atoms with van der Waals surface area (Å²) in [5, 5.41) is 2.54. The van der Waals surface area contributed by atoms with E-state index in [1.807, 2.05) is 18.2 Å². The van der Waals surface area contributed by atoms with Crippen LogP contribution >= 0.6 is 0 Å². The molecular formula is C37H22BN3. The van der Waals surface area contributed by atoms with Crippen LogP contribution in [0.2, 0.25) is 0 Å². The molecule has 0 saturated carbocycles. The van der Waals surface area contributed by atoms with Gasteiger partial charge in [0.25, 0.3) is 6.71 Å². The van der Waals surface area contributed by atoms with Gasteiger partial charge in [0.15, 0.2) is 5.69 Å². The summed E-state index contributed by atoms with van der Waals surface area (Å²) >= 11 is 0. The zero-order chi connectivity index (χ0) is 27.1. The molecule has 6 aromatic carbocycles. The Balaban J connectivity index is 1.50. The summed E-state index contributed by atoms with van der Waals surface area (Å²) in [6.07, 6.45) is 0. The van der Waals surface area contributed by atoms with Crippen molar-refractivity contribution in [2.45, 2.75) is 0 Å². The first-order valence-corrected chi connectivity index (χ1v) is 13.9. The molecule has 0 atom stereocenters. The Hall–Kier alpha value is -5.53. The van der Waals surface area contributed by atoms with Gasteiger partial charge in [-0.1, -0.05) is 97.1 Å². The van der Waals surface area contributed by atoms with E-state index in [-0.39, 0.29) is 6.71 Å². The zero-order valence-corrected chi connectivity index (χ0v) is 22.1. The molecule has 0 radical (unpaired) electrons. The molecule has 3 nitrogen and oxygen atoms in total. The highest BCUT2D eigenvalue weighted by molar-refractivity contribution is 7.00. The van der Waals surface area contributed by atoms with E-state index in [0.29, 0.717) is 5.69 Å². The van der Waals surface area contributed by atoms with E-state index in [9.17, 15) is 0 Å². The van der Waals surface area contributed by atoms with Gasteiger partial charge < -0.3 is 9.47 Å². The number of anilines is 3. The normalized spacial score (nSPS) is 12.8. The van der Waals surface area contributed by atoms with Gasteiger partial charge >= 0.3 is 0 Å². The zero-order valence-electron chi connectivity index (χ0n) is 22.1. The smallest absolute Gasteiger partial charge is 0.252 e. The molecule has 0 amide bonds. The SMILES string of the molecule is [C-]#[N+]c1ccccc1-c1cc2c3c(c1)-n1c4ccccc4c4cccc(c41)B3c1ccccc1N2c1ccccc1. The molecule has 0 saturated heterocycles. The number of hydrogen-bond acceptors (Lipinski definition) is 1. The Morgan fingerprint density at radius 2 is 1.29 bits per heavy atom. The predicted molar refractivity (Wildman–Crippen MR) is 172 cm³/mol. The lowest BCUT2D eigenvalue weighted by Gasteiger charge is -2.40.